The normalized spacial score (nSPS) is 13.0. The highest BCUT2D eigenvalue weighted by Gasteiger charge is 2.15. The molecule has 0 aliphatic rings. The number of hydrogen-bond acceptors (Lipinski definition) is 3. The van der Waals surface area contributed by atoms with Gasteiger partial charge in [-0.25, -0.2) is 15.0 Å². The fourth-order valence-corrected chi connectivity index (χ4v) is 2.92. The van der Waals surface area contributed by atoms with Gasteiger partial charge in [0.1, 0.15) is 5.82 Å². The molecular weight excluding hydrogens is 342 g/mol. The first kappa shape index (κ1) is 13.8. The first-order chi connectivity index (χ1) is 15.3. The molecule has 0 spiro atoms. The monoisotopic (exact) mass is 369 g/mol. The van der Waals surface area contributed by atoms with Gasteiger partial charge >= 0.3 is 0 Å². The van der Waals surface area contributed by atoms with Crippen molar-refractivity contribution < 1.29 is 5.48 Å². The first-order valence-electron chi connectivity index (χ1n) is 11.3. The van der Waals surface area contributed by atoms with Crippen LogP contribution in [0.25, 0.3) is 33.9 Å². The van der Waals surface area contributed by atoms with Crippen molar-refractivity contribution in [1.29, 1.82) is 0 Å². The Morgan fingerprint density at radius 3 is 1.96 bits per heavy atom. The lowest BCUT2D eigenvalue weighted by atomic mass is 9.99. The Morgan fingerprint density at radius 1 is 0.679 bits per heavy atom. The largest absolute Gasteiger partial charge is 0.213 e. The van der Waals surface area contributed by atoms with Crippen molar-refractivity contribution >= 4 is 0 Å². The summed E-state index contributed by atoms with van der Waals surface area (Å²) in [5.74, 6) is 1.11. The molecule has 4 rings (SSSR count). The fraction of sp³-hybridized carbons (Fsp3) is 0.160. The first-order valence-corrected chi connectivity index (χ1v) is 9.27. The smallest absolute Gasteiger partial charge is 0.164 e. The van der Waals surface area contributed by atoms with Gasteiger partial charge in [0, 0.05) is 17.0 Å². The summed E-state index contributed by atoms with van der Waals surface area (Å²) in [6, 6.07) is 17.3. The van der Waals surface area contributed by atoms with Gasteiger partial charge in [0.15, 0.2) is 11.6 Å². The zero-order chi connectivity index (χ0) is 23.0. The second-order valence-corrected chi connectivity index (χ2v) is 6.91. The average molecular weight is 370 g/mol. The molecule has 138 valence electrons. The van der Waals surface area contributed by atoms with Crippen LogP contribution >= 0.6 is 0 Å². The molecule has 3 nitrogen and oxygen atoms in total. The van der Waals surface area contributed by atoms with E-state index in [9.17, 15) is 0 Å². The summed E-state index contributed by atoms with van der Waals surface area (Å²) in [5, 5.41) is 0. The van der Waals surface area contributed by atoms with E-state index in [1.54, 1.807) is 6.92 Å². The Hall–Kier alpha value is -3.33. The third-order valence-electron chi connectivity index (χ3n) is 4.40. The molecule has 0 atom stereocenters. The summed E-state index contributed by atoms with van der Waals surface area (Å²) < 4.78 is 33.3. The van der Waals surface area contributed by atoms with Crippen LogP contribution in [-0.4, -0.2) is 15.0 Å². The van der Waals surface area contributed by atoms with Crippen LogP contribution in [-0.2, 0) is 0 Å². The highest BCUT2D eigenvalue weighted by atomic mass is 15.0. The van der Waals surface area contributed by atoms with Gasteiger partial charge in [0.25, 0.3) is 0 Å². The summed E-state index contributed by atoms with van der Waals surface area (Å²) in [6.45, 7) is 5.52. The van der Waals surface area contributed by atoms with Crippen LogP contribution in [0.5, 0.6) is 0 Å². The Kier molecular flexibility index (Phi) is 3.80. The predicted molar refractivity (Wildman–Crippen MR) is 115 cm³/mol. The second kappa shape index (κ2) is 7.73. The van der Waals surface area contributed by atoms with Crippen LogP contribution in [0.2, 0.25) is 0 Å². The highest BCUT2D eigenvalue weighted by Crippen LogP contribution is 2.31. The predicted octanol–water partition coefficient (Wildman–Crippen LogP) is 6.30. The van der Waals surface area contributed by atoms with E-state index < -0.39 is 0 Å². The zero-order valence-electron chi connectivity index (χ0n) is 20.1. The Morgan fingerprint density at radius 2 is 1.29 bits per heavy atom. The number of nitrogens with zero attached hydrogens (tertiary/aromatic N) is 3. The number of benzene rings is 3. The van der Waals surface area contributed by atoms with Crippen molar-refractivity contribution in [1.82, 2.24) is 15.0 Å². The summed E-state index contributed by atoms with van der Waals surface area (Å²) in [5.41, 5.74) is 3.19. The van der Waals surface area contributed by atoms with E-state index in [4.69, 9.17) is 10.5 Å². The lowest BCUT2D eigenvalue weighted by molar-refractivity contribution is 0.766. The summed E-state index contributed by atoms with van der Waals surface area (Å²) in [4.78, 5) is 13.9. The van der Waals surface area contributed by atoms with Gasteiger partial charge in [-0.05, 0) is 18.1 Å². The molecule has 3 aromatic carbocycles. The molecule has 4 aromatic rings. The molecule has 0 fully saturated rings. The van der Waals surface area contributed by atoms with Crippen LogP contribution in [0.15, 0.2) is 78.8 Å². The van der Waals surface area contributed by atoms with Gasteiger partial charge < -0.3 is 0 Å². The minimum atomic E-state index is -0.147. The maximum Gasteiger partial charge on any atom is 0.164 e. The van der Waals surface area contributed by atoms with Gasteiger partial charge in [0.05, 0.1) is 5.48 Å². The Balaban J connectivity index is 2.00. The molecule has 3 heteroatoms. The summed E-state index contributed by atoms with van der Waals surface area (Å²) in [6.07, 6.45) is 0. The summed E-state index contributed by atoms with van der Waals surface area (Å²) in [7, 11) is 0. The van der Waals surface area contributed by atoms with Crippen LogP contribution in [0, 0.1) is 6.92 Å². The molecule has 28 heavy (non-hydrogen) atoms. The Bertz CT molecular complexity index is 1280. The van der Waals surface area contributed by atoms with E-state index in [0.29, 0.717) is 17.2 Å². The minimum absolute atomic E-state index is 0.0147. The molecule has 1 heterocycles. The molecule has 1 aromatic heterocycles. The van der Waals surface area contributed by atoms with E-state index in [0.717, 1.165) is 16.7 Å². The van der Waals surface area contributed by atoms with E-state index in [-0.39, 0.29) is 41.5 Å². The minimum Gasteiger partial charge on any atom is -0.213 e. The number of aromatic nitrogens is 3. The maximum atomic E-state index is 8.45. The molecule has 0 saturated carbocycles. The van der Waals surface area contributed by atoms with Gasteiger partial charge in [-0.15, -0.1) is 0 Å². The number of rotatable bonds is 4. The molecular formula is C25H23N3. The van der Waals surface area contributed by atoms with E-state index in [2.05, 4.69) is 9.97 Å². The van der Waals surface area contributed by atoms with Crippen molar-refractivity contribution in [2.75, 3.05) is 0 Å². The molecule has 0 radical (unpaired) electrons. The second-order valence-electron chi connectivity index (χ2n) is 6.91. The van der Waals surface area contributed by atoms with Crippen LogP contribution in [0.4, 0.5) is 0 Å². The van der Waals surface area contributed by atoms with Gasteiger partial charge in [-0.2, -0.15) is 0 Å². The van der Waals surface area contributed by atoms with Gasteiger partial charge in [-0.3, -0.25) is 0 Å². The quantitative estimate of drug-likeness (QED) is 0.423. The average Bonchev–Trinajstić information content (AvgIpc) is 2.82. The third-order valence-corrected chi connectivity index (χ3v) is 4.40. The fourth-order valence-electron chi connectivity index (χ4n) is 2.92. The van der Waals surface area contributed by atoms with Crippen molar-refractivity contribution in [2.24, 2.45) is 0 Å². The van der Waals surface area contributed by atoms with Crippen molar-refractivity contribution in [3.63, 3.8) is 0 Å². The molecule has 0 unspecified atom stereocenters. The lowest BCUT2D eigenvalue weighted by Gasteiger charge is -2.13. The van der Waals surface area contributed by atoms with Gasteiger partial charge in [0.2, 0.25) is 0 Å². The van der Waals surface area contributed by atoms with E-state index in [1.165, 1.54) is 0 Å². The van der Waals surface area contributed by atoms with Gasteiger partial charge in [-0.1, -0.05) is 98.2 Å². The zero-order valence-corrected chi connectivity index (χ0v) is 16.1. The van der Waals surface area contributed by atoms with E-state index in [1.807, 2.05) is 68.4 Å². The molecule has 0 bridgehead atoms. The summed E-state index contributed by atoms with van der Waals surface area (Å²) >= 11 is 0. The molecule has 0 saturated heterocycles. The van der Waals surface area contributed by atoms with Crippen molar-refractivity contribution in [2.45, 2.75) is 26.7 Å². The van der Waals surface area contributed by atoms with Crippen LogP contribution in [0.3, 0.4) is 0 Å². The standard InChI is InChI=1S/C25H23N3/c1-17(2)23-26-24(20-15-13-18(3)14-16-20)28-25(27-23)22-12-8-7-11-21(22)19-9-5-4-6-10-19/h4-17H,1-3H3/i13D,14D,15D,16D. The lowest BCUT2D eigenvalue weighted by Crippen LogP contribution is -2.05. The SMILES string of the molecule is [2H]c1c([2H])c(-c2nc(-c3ccccc3-c3ccccc3)nc(C(C)C)n2)c([2H])c([2H])c1C. The van der Waals surface area contributed by atoms with E-state index >= 15 is 0 Å². The Labute approximate surface area is 171 Å². The van der Waals surface area contributed by atoms with Crippen LogP contribution in [0.1, 0.15) is 36.6 Å². The molecule has 0 aliphatic carbocycles. The highest BCUT2D eigenvalue weighted by molar-refractivity contribution is 5.80. The molecule has 0 N–H and O–H groups in total. The third kappa shape index (κ3) is 3.70. The topological polar surface area (TPSA) is 38.7 Å². The van der Waals surface area contributed by atoms with Crippen LogP contribution < -0.4 is 0 Å². The number of hydrogen-bond donors (Lipinski definition) is 0. The molecule has 0 aliphatic heterocycles. The van der Waals surface area contributed by atoms with Crippen molar-refractivity contribution in [3.05, 3.63) is 90.2 Å². The maximum absolute atomic E-state index is 8.45. The van der Waals surface area contributed by atoms with Crippen molar-refractivity contribution in [3.8, 4) is 33.9 Å². The molecule has 0 amide bonds.